The van der Waals surface area contributed by atoms with Crippen LogP contribution in [0.25, 0.3) is 17.0 Å². The van der Waals surface area contributed by atoms with Gasteiger partial charge in [-0.25, -0.2) is 4.98 Å². The topological polar surface area (TPSA) is 46.9 Å². The van der Waals surface area contributed by atoms with Crippen LogP contribution in [0.3, 0.4) is 0 Å². The lowest BCUT2D eigenvalue weighted by Crippen LogP contribution is -2.20. The number of hydrogen-bond donors (Lipinski definition) is 1. The number of nitrogens with zero attached hydrogens (tertiary/aromatic N) is 2. The lowest BCUT2D eigenvalue weighted by Gasteiger charge is -1.98. The van der Waals surface area contributed by atoms with E-state index in [1.807, 2.05) is 43.8 Å². The van der Waals surface area contributed by atoms with Gasteiger partial charge in [-0.3, -0.25) is 4.79 Å². The fourth-order valence-corrected chi connectivity index (χ4v) is 3.01. The van der Waals surface area contributed by atoms with E-state index in [1.165, 1.54) is 0 Å². The molecule has 112 valence electrons. The van der Waals surface area contributed by atoms with E-state index in [0.29, 0.717) is 6.54 Å². The van der Waals surface area contributed by atoms with Crippen LogP contribution in [-0.4, -0.2) is 15.5 Å². The SMILES string of the molecule is Cc1nc(CNC(=O)C=Cc2cn(C)c3ccccc23)cs1. The van der Waals surface area contributed by atoms with Crippen molar-refractivity contribution in [3.63, 3.8) is 0 Å². The molecule has 2 aromatic heterocycles. The summed E-state index contributed by atoms with van der Waals surface area (Å²) in [5, 5.41) is 6.96. The van der Waals surface area contributed by atoms with Crippen molar-refractivity contribution in [2.24, 2.45) is 7.05 Å². The zero-order valence-electron chi connectivity index (χ0n) is 12.5. The number of thiazole rings is 1. The Morgan fingerprint density at radius 1 is 1.41 bits per heavy atom. The highest BCUT2D eigenvalue weighted by Gasteiger charge is 2.04. The summed E-state index contributed by atoms with van der Waals surface area (Å²) in [7, 11) is 2.00. The third kappa shape index (κ3) is 3.09. The summed E-state index contributed by atoms with van der Waals surface area (Å²) in [5.74, 6) is -0.112. The molecule has 0 bridgehead atoms. The first-order valence-electron chi connectivity index (χ1n) is 7.04. The first-order valence-corrected chi connectivity index (χ1v) is 7.92. The summed E-state index contributed by atoms with van der Waals surface area (Å²) < 4.78 is 2.06. The highest BCUT2D eigenvalue weighted by Crippen LogP contribution is 2.21. The summed E-state index contributed by atoms with van der Waals surface area (Å²) in [6.07, 6.45) is 5.45. The van der Waals surface area contributed by atoms with Gasteiger partial charge in [0.15, 0.2) is 0 Å². The van der Waals surface area contributed by atoms with Gasteiger partial charge < -0.3 is 9.88 Å². The van der Waals surface area contributed by atoms with E-state index < -0.39 is 0 Å². The fourth-order valence-electron chi connectivity index (χ4n) is 2.40. The Bertz CT molecular complexity index is 845. The van der Waals surface area contributed by atoms with Crippen molar-refractivity contribution >= 4 is 34.2 Å². The number of fused-ring (bicyclic) bond motifs is 1. The molecule has 0 aliphatic heterocycles. The molecule has 4 nitrogen and oxygen atoms in total. The molecule has 0 radical (unpaired) electrons. The van der Waals surface area contributed by atoms with Crippen LogP contribution >= 0.6 is 11.3 Å². The Morgan fingerprint density at radius 2 is 2.23 bits per heavy atom. The van der Waals surface area contributed by atoms with Gasteiger partial charge in [0, 0.05) is 41.2 Å². The maximum absolute atomic E-state index is 11.9. The average molecular weight is 311 g/mol. The van der Waals surface area contributed by atoms with Crippen molar-refractivity contribution in [1.82, 2.24) is 14.9 Å². The number of para-hydroxylation sites is 1. The van der Waals surface area contributed by atoms with Crippen molar-refractivity contribution in [3.05, 3.63) is 58.2 Å². The molecule has 1 N–H and O–H groups in total. The van der Waals surface area contributed by atoms with E-state index in [0.717, 1.165) is 27.2 Å². The molecule has 2 heterocycles. The molecule has 0 fully saturated rings. The number of nitrogens with one attached hydrogen (secondary N) is 1. The molecule has 3 aromatic rings. The van der Waals surface area contributed by atoms with Crippen molar-refractivity contribution < 1.29 is 4.79 Å². The van der Waals surface area contributed by atoms with E-state index >= 15 is 0 Å². The van der Waals surface area contributed by atoms with Gasteiger partial charge in [0.1, 0.15) is 0 Å². The summed E-state index contributed by atoms with van der Waals surface area (Å²) in [6, 6.07) is 8.14. The molecule has 3 rings (SSSR count). The number of benzene rings is 1. The molecule has 5 heteroatoms. The minimum absolute atomic E-state index is 0.112. The van der Waals surface area contributed by atoms with Gasteiger partial charge in [0.05, 0.1) is 17.2 Å². The second kappa shape index (κ2) is 6.15. The van der Waals surface area contributed by atoms with Gasteiger partial charge in [-0.15, -0.1) is 11.3 Å². The molecule has 0 saturated heterocycles. The minimum atomic E-state index is -0.112. The van der Waals surface area contributed by atoms with Gasteiger partial charge in [-0.05, 0) is 19.1 Å². The lowest BCUT2D eigenvalue weighted by molar-refractivity contribution is -0.116. The number of hydrogen-bond acceptors (Lipinski definition) is 3. The van der Waals surface area contributed by atoms with Crippen molar-refractivity contribution in [3.8, 4) is 0 Å². The Kier molecular flexibility index (Phi) is 4.06. The molecule has 22 heavy (non-hydrogen) atoms. The first-order chi connectivity index (χ1) is 10.6. The van der Waals surface area contributed by atoms with Crippen molar-refractivity contribution in [2.75, 3.05) is 0 Å². The summed E-state index contributed by atoms with van der Waals surface area (Å²) in [6.45, 7) is 2.42. The summed E-state index contributed by atoms with van der Waals surface area (Å²) in [5.41, 5.74) is 3.09. The molecule has 0 aliphatic rings. The number of aromatic nitrogens is 2. The second-order valence-corrected chi connectivity index (χ2v) is 6.18. The van der Waals surface area contributed by atoms with Crippen LogP contribution in [-0.2, 0) is 18.4 Å². The predicted molar refractivity (Wildman–Crippen MR) is 90.7 cm³/mol. The van der Waals surface area contributed by atoms with Gasteiger partial charge in [-0.2, -0.15) is 0 Å². The first kappa shape index (κ1) is 14.5. The Balaban J connectivity index is 1.68. The van der Waals surface area contributed by atoms with E-state index in [9.17, 15) is 4.79 Å². The van der Waals surface area contributed by atoms with Crippen LogP contribution in [0.15, 0.2) is 41.9 Å². The molecule has 1 aromatic carbocycles. The molecular formula is C17H17N3OS. The predicted octanol–water partition coefficient (Wildman–Crippen LogP) is 3.27. The molecule has 0 saturated carbocycles. The average Bonchev–Trinajstić information content (AvgIpc) is 3.07. The van der Waals surface area contributed by atoms with Crippen LogP contribution in [0.5, 0.6) is 0 Å². The van der Waals surface area contributed by atoms with Crippen LogP contribution < -0.4 is 5.32 Å². The normalized spacial score (nSPS) is 11.4. The smallest absolute Gasteiger partial charge is 0.244 e. The van der Waals surface area contributed by atoms with Gasteiger partial charge in [0.25, 0.3) is 0 Å². The maximum Gasteiger partial charge on any atom is 0.244 e. The number of carbonyl (C=O) groups excluding carboxylic acids is 1. The highest BCUT2D eigenvalue weighted by atomic mass is 32.1. The Morgan fingerprint density at radius 3 is 3.00 bits per heavy atom. The number of aryl methyl sites for hydroxylation is 2. The van der Waals surface area contributed by atoms with Gasteiger partial charge >= 0.3 is 0 Å². The summed E-state index contributed by atoms with van der Waals surface area (Å²) >= 11 is 1.59. The largest absolute Gasteiger partial charge is 0.350 e. The monoisotopic (exact) mass is 311 g/mol. The fraction of sp³-hybridized carbons (Fsp3) is 0.176. The number of carbonyl (C=O) groups is 1. The standard InChI is InChI=1S/C17H17N3OS/c1-12-19-14(11-22-12)9-18-17(21)8-7-13-10-20(2)16-6-4-3-5-15(13)16/h3-8,10-11H,9H2,1-2H3,(H,18,21). The van der Waals surface area contributed by atoms with E-state index in [2.05, 4.69) is 27.0 Å². The van der Waals surface area contributed by atoms with Crippen molar-refractivity contribution in [2.45, 2.75) is 13.5 Å². The third-order valence-corrected chi connectivity index (χ3v) is 4.27. The van der Waals surface area contributed by atoms with Crippen LogP contribution in [0.2, 0.25) is 0 Å². The third-order valence-electron chi connectivity index (χ3n) is 3.45. The molecular weight excluding hydrogens is 294 g/mol. The lowest BCUT2D eigenvalue weighted by atomic mass is 10.1. The molecule has 0 unspecified atom stereocenters. The molecule has 1 amide bonds. The van der Waals surface area contributed by atoms with E-state index in [4.69, 9.17) is 0 Å². The maximum atomic E-state index is 11.9. The highest BCUT2D eigenvalue weighted by molar-refractivity contribution is 7.09. The molecule has 0 aliphatic carbocycles. The van der Waals surface area contributed by atoms with Gasteiger partial charge in [-0.1, -0.05) is 18.2 Å². The quantitative estimate of drug-likeness (QED) is 0.752. The summed E-state index contributed by atoms with van der Waals surface area (Å²) in [4.78, 5) is 16.2. The van der Waals surface area contributed by atoms with Crippen molar-refractivity contribution in [1.29, 1.82) is 0 Å². The Labute approximate surface area is 133 Å². The van der Waals surface area contributed by atoms with E-state index in [-0.39, 0.29) is 5.91 Å². The zero-order valence-corrected chi connectivity index (χ0v) is 13.4. The molecule has 0 atom stereocenters. The van der Waals surface area contributed by atoms with Crippen LogP contribution in [0.4, 0.5) is 0 Å². The van der Waals surface area contributed by atoms with E-state index in [1.54, 1.807) is 17.4 Å². The second-order valence-electron chi connectivity index (χ2n) is 5.12. The van der Waals surface area contributed by atoms with Crippen LogP contribution in [0.1, 0.15) is 16.3 Å². The Hall–Kier alpha value is -2.40. The molecule has 0 spiro atoms. The van der Waals surface area contributed by atoms with Gasteiger partial charge in [0.2, 0.25) is 5.91 Å². The number of amides is 1. The zero-order chi connectivity index (χ0) is 15.5. The number of rotatable bonds is 4. The van der Waals surface area contributed by atoms with Crippen LogP contribution in [0, 0.1) is 6.92 Å². The minimum Gasteiger partial charge on any atom is -0.350 e.